The first-order chi connectivity index (χ1) is 55.5. The number of hydrogen-bond acceptors (Lipinski definition) is 8. The number of ether oxygens (including phenoxy) is 4. The fourth-order valence-electron chi connectivity index (χ4n) is 17.2. The number of para-hydroxylation sites is 12. The molecule has 0 saturated heterocycles. The second-order valence-corrected chi connectivity index (χ2v) is 28.6. The van der Waals surface area contributed by atoms with Crippen molar-refractivity contribution in [1.29, 1.82) is 0 Å². The van der Waals surface area contributed by atoms with Crippen LogP contribution in [0, 0.1) is 0 Å². The molecular weight excluding hydrogens is 1370 g/mol. The highest BCUT2D eigenvalue weighted by molar-refractivity contribution is 6.12. The largest absolute Gasteiger partial charge is 0.453 e. The lowest BCUT2D eigenvalue weighted by Crippen LogP contribution is -2.20. The van der Waals surface area contributed by atoms with E-state index in [-0.39, 0.29) is 0 Å². The molecule has 0 unspecified atom stereocenters. The van der Waals surface area contributed by atoms with Gasteiger partial charge in [0, 0.05) is 84.4 Å². The summed E-state index contributed by atoms with van der Waals surface area (Å²) in [6, 6.07) is 135. The van der Waals surface area contributed by atoms with Crippen LogP contribution < -0.4 is 38.5 Å². The van der Waals surface area contributed by atoms with Crippen molar-refractivity contribution in [3.05, 3.63) is 382 Å². The first kappa shape index (κ1) is 64.2. The topological polar surface area (TPSA) is 59.7 Å². The number of hydrogen-bond donors (Lipinski definition) is 0. The molecule has 0 saturated carbocycles. The summed E-state index contributed by atoms with van der Waals surface area (Å²) in [4.78, 5) is 9.29. The van der Waals surface area contributed by atoms with Gasteiger partial charge in [0.2, 0.25) is 0 Å². The number of aromatic nitrogens is 2. The average Bonchev–Trinajstić information content (AvgIpc) is 0.975. The van der Waals surface area contributed by atoms with Crippen molar-refractivity contribution in [2.45, 2.75) is 13.5 Å². The lowest BCUT2D eigenvalue weighted by molar-refractivity contribution is 0.446. The Morgan fingerprint density at radius 3 is 1.42 bits per heavy atom. The molecule has 112 heavy (non-hydrogen) atoms. The van der Waals surface area contributed by atoms with Crippen LogP contribution in [0.15, 0.2) is 382 Å². The molecule has 6 heterocycles. The molecule has 4 aliphatic rings. The van der Waals surface area contributed by atoms with Crippen molar-refractivity contribution in [2.24, 2.45) is 0 Å². The number of benzene rings is 17. The molecule has 0 radical (unpaired) electrons. The standard InChI is InChI=1S/C52H33N3O2.C50H35N3O2/c1-2-14-37(15-3-1)54-44-17-7-6-16-42(44)43-33-40(28-30-45(43)54)53(39-27-22-34-12-4-5-13-36(34)32-39)38-25-23-35(24-26-38)41-29-31-50-51-52(41)57-49-21-11-9-19-47(49)55(51)46-18-8-10-20-48(46)56-50;1-2-51-41-21-8-7-20-39(41)40-32-37(27-28-42(40)51)52(43-22-9-6-19-38(43)33-15-4-3-5-16-33)36-18-14-17-34(29-36)35-30-48-50-49(31-35)55-47-26-13-11-24-45(47)53(50)44-23-10-12-25-46(44)54-48/h1-33H;3-32H,2H2,1H3. The first-order valence-corrected chi connectivity index (χ1v) is 38.1. The molecule has 4 aliphatic heterocycles. The van der Waals surface area contributed by atoms with E-state index in [2.05, 4.69) is 345 Å². The molecule has 0 N–H and O–H groups in total. The normalized spacial score (nSPS) is 12.4. The van der Waals surface area contributed by atoms with Gasteiger partial charge in [-0.1, -0.05) is 206 Å². The van der Waals surface area contributed by atoms with Crippen LogP contribution in [-0.2, 0) is 6.54 Å². The first-order valence-electron chi connectivity index (χ1n) is 38.1. The summed E-state index contributed by atoms with van der Waals surface area (Å²) in [6.45, 7) is 3.12. The average molecular weight is 1440 g/mol. The van der Waals surface area contributed by atoms with E-state index in [1.165, 1.54) is 54.4 Å². The molecule has 10 heteroatoms. The van der Waals surface area contributed by atoms with Gasteiger partial charge in [0.05, 0.1) is 39.5 Å². The molecule has 0 amide bonds. The molecule has 17 aromatic carbocycles. The Labute approximate surface area is 647 Å². The molecule has 0 bridgehead atoms. The van der Waals surface area contributed by atoms with Gasteiger partial charge in [0.1, 0.15) is 11.4 Å². The lowest BCUT2D eigenvalue weighted by Gasteiger charge is -2.38. The molecule has 0 spiro atoms. The number of nitrogens with zero attached hydrogens (tertiary/aromatic N) is 6. The van der Waals surface area contributed by atoms with Crippen LogP contribution in [-0.4, -0.2) is 9.13 Å². The van der Waals surface area contributed by atoms with Crippen molar-refractivity contribution in [1.82, 2.24) is 9.13 Å². The van der Waals surface area contributed by atoms with Gasteiger partial charge in [-0.15, -0.1) is 0 Å². The maximum absolute atomic E-state index is 6.76. The van der Waals surface area contributed by atoms with E-state index < -0.39 is 0 Å². The Morgan fingerprint density at radius 2 is 0.732 bits per heavy atom. The highest BCUT2D eigenvalue weighted by Crippen LogP contribution is 2.63. The molecule has 530 valence electrons. The highest BCUT2D eigenvalue weighted by Gasteiger charge is 2.38. The minimum Gasteiger partial charge on any atom is -0.453 e. The van der Waals surface area contributed by atoms with E-state index in [1.807, 2.05) is 72.8 Å². The van der Waals surface area contributed by atoms with Crippen molar-refractivity contribution in [2.75, 3.05) is 19.6 Å². The molecule has 19 aromatic rings. The maximum Gasteiger partial charge on any atom is 0.163 e. The summed E-state index contributed by atoms with van der Waals surface area (Å²) < 4.78 is 31.3. The van der Waals surface area contributed by atoms with Crippen LogP contribution >= 0.6 is 0 Å². The predicted octanol–water partition coefficient (Wildman–Crippen LogP) is 29.1. The van der Waals surface area contributed by atoms with E-state index in [0.29, 0.717) is 0 Å². The van der Waals surface area contributed by atoms with Gasteiger partial charge in [0.25, 0.3) is 0 Å². The summed E-state index contributed by atoms with van der Waals surface area (Å²) in [5.74, 6) is 6.32. The number of rotatable bonds is 11. The Bertz CT molecular complexity index is 6910. The Morgan fingerprint density at radius 1 is 0.259 bits per heavy atom. The zero-order valence-corrected chi connectivity index (χ0v) is 60.9. The summed E-state index contributed by atoms with van der Waals surface area (Å²) in [6.07, 6.45) is 0. The van der Waals surface area contributed by atoms with Crippen LogP contribution in [0.5, 0.6) is 46.0 Å². The van der Waals surface area contributed by atoms with E-state index >= 15 is 0 Å². The van der Waals surface area contributed by atoms with E-state index in [1.54, 1.807) is 0 Å². The van der Waals surface area contributed by atoms with Crippen LogP contribution in [0.2, 0.25) is 0 Å². The number of anilines is 12. The minimum atomic E-state index is 0.759. The Hall–Kier alpha value is -15.0. The van der Waals surface area contributed by atoms with E-state index in [4.69, 9.17) is 18.9 Å². The van der Waals surface area contributed by atoms with Crippen molar-refractivity contribution in [3.8, 4) is 85.1 Å². The molecule has 10 nitrogen and oxygen atoms in total. The third kappa shape index (κ3) is 10.5. The smallest absolute Gasteiger partial charge is 0.163 e. The molecule has 0 fully saturated rings. The van der Waals surface area contributed by atoms with Crippen molar-refractivity contribution < 1.29 is 18.9 Å². The summed E-state index contributed by atoms with van der Waals surface area (Å²) in [7, 11) is 0. The summed E-state index contributed by atoms with van der Waals surface area (Å²) in [5.41, 5.74) is 24.6. The zero-order chi connectivity index (χ0) is 73.9. The fraction of sp³-hybridized carbons (Fsp3) is 0.0196. The summed E-state index contributed by atoms with van der Waals surface area (Å²) in [5, 5.41) is 7.32. The van der Waals surface area contributed by atoms with E-state index in [0.717, 1.165) is 160 Å². The van der Waals surface area contributed by atoms with Crippen molar-refractivity contribution >= 4 is 123 Å². The van der Waals surface area contributed by atoms with Gasteiger partial charge >= 0.3 is 0 Å². The minimum absolute atomic E-state index is 0.759. The monoisotopic (exact) mass is 1440 g/mol. The second-order valence-electron chi connectivity index (χ2n) is 28.6. The van der Waals surface area contributed by atoms with Gasteiger partial charge in [-0.25, -0.2) is 0 Å². The molecule has 0 aliphatic carbocycles. The fourth-order valence-corrected chi connectivity index (χ4v) is 17.2. The van der Waals surface area contributed by atoms with Gasteiger partial charge in [0.15, 0.2) is 46.0 Å². The summed E-state index contributed by atoms with van der Waals surface area (Å²) >= 11 is 0. The van der Waals surface area contributed by atoms with Gasteiger partial charge in [-0.3, -0.25) is 9.80 Å². The molecule has 23 rings (SSSR count). The van der Waals surface area contributed by atoms with Crippen LogP contribution in [0.25, 0.3) is 93.5 Å². The predicted molar refractivity (Wildman–Crippen MR) is 459 cm³/mol. The molecule has 2 aromatic heterocycles. The third-order valence-corrected chi connectivity index (χ3v) is 22.2. The Kier molecular flexibility index (Phi) is 15.0. The number of aryl methyl sites for hydroxylation is 1. The lowest BCUT2D eigenvalue weighted by atomic mass is 9.99. The second kappa shape index (κ2) is 26.2. The van der Waals surface area contributed by atoms with E-state index in [9.17, 15) is 0 Å². The molecular formula is C102H68N6O4. The number of fused-ring (bicyclic) bond motifs is 15. The van der Waals surface area contributed by atoms with Crippen molar-refractivity contribution in [3.63, 3.8) is 0 Å². The van der Waals surface area contributed by atoms with Crippen LogP contribution in [0.1, 0.15) is 6.92 Å². The zero-order valence-electron chi connectivity index (χ0n) is 60.9. The molecule has 0 atom stereocenters. The maximum atomic E-state index is 6.76. The van der Waals surface area contributed by atoms with Crippen LogP contribution in [0.4, 0.5) is 68.2 Å². The third-order valence-electron chi connectivity index (χ3n) is 22.2. The van der Waals surface area contributed by atoms with Crippen LogP contribution in [0.3, 0.4) is 0 Å². The van der Waals surface area contributed by atoms with Gasteiger partial charge in [-0.05, 0) is 216 Å². The van der Waals surface area contributed by atoms with Gasteiger partial charge < -0.3 is 37.9 Å². The highest BCUT2D eigenvalue weighted by atomic mass is 16.5. The quantitative estimate of drug-likeness (QED) is 0.127. The Balaban J connectivity index is 0.000000137. The van der Waals surface area contributed by atoms with Gasteiger partial charge in [-0.2, -0.15) is 0 Å². The SMILES string of the molecule is CCn1c2ccccc2c2cc(N(c3cccc(-c4cc5c6c(c4)Oc4ccccc4N6c4ccccc4O5)c3)c3ccccc3-c3ccccc3)ccc21.c1ccc(-n2c3ccccc3c3cc(N(c4ccc(-c5ccc6c7c5Oc5ccccc5N7c5ccccc5O6)cc4)c4ccc5ccccc5c4)ccc32)cc1.